The fourth-order valence-electron chi connectivity index (χ4n) is 0. The van der Waals surface area contributed by atoms with E-state index < -0.39 is 10.4 Å². The van der Waals surface area contributed by atoms with Crippen LogP contribution >= 0.6 is 0 Å². The second-order valence-corrected chi connectivity index (χ2v) is 4.19. The molecule has 0 amide bonds. The first kappa shape index (κ1) is 51.5. The molecule has 0 aliphatic carbocycles. The minimum atomic E-state index is -5.17. The van der Waals surface area contributed by atoms with Gasteiger partial charge in [0.2, 0.25) is 0 Å². The van der Waals surface area contributed by atoms with E-state index in [-0.39, 0.29) is 49.8 Å². The third-order valence-electron chi connectivity index (χ3n) is 0.645. The Balaban J connectivity index is -0.0000000295. The van der Waals surface area contributed by atoms with Crippen molar-refractivity contribution in [3.63, 3.8) is 0 Å². The van der Waals surface area contributed by atoms with Crippen LogP contribution in [0.25, 0.3) is 0 Å². The molecule has 15 nitrogen and oxygen atoms in total. The van der Waals surface area contributed by atoms with E-state index in [1.807, 2.05) is 6.92 Å². The first-order valence-corrected chi connectivity index (χ1v) is 9.24. The van der Waals surface area contributed by atoms with Gasteiger partial charge in [0.05, 0.1) is 33.0 Å². The first-order chi connectivity index (χ1) is 13.0. The summed E-state index contributed by atoms with van der Waals surface area (Å²) in [5.74, 6) is 0. The van der Waals surface area contributed by atoms with Crippen molar-refractivity contribution in [3.05, 3.63) is 0 Å². The number of hydrogen-bond donors (Lipinski definition) is 11. The molecule has 0 aliphatic heterocycles. The molecule has 0 heterocycles. The Morgan fingerprint density at radius 3 is 0.621 bits per heavy atom. The van der Waals surface area contributed by atoms with Crippen molar-refractivity contribution in [2.45, 2.75) is 6.92 Å². The van der Waals surface area contributed by atoms with E-state index in [4.69, 9.17) is 77.5 Å². The summed E-state index contributed by atoms with van der Waals surface area (Å²) in [4.78, 5) is 0. The zero-order valence-corrected chi connectivity index (χ0v) is 18.7. The normalized spacial score (nSPS) is 7.79. The van der Waals surface area contributed by atoms with Gasteiger partial charge in [0.25, 0.3) is 0 Å². The molecule has 0 fully saturated rings. The van der Waals surface area contributed by atoms with Crippen LogP contribution in [-0.2, 0) is 27.2 Å². The van der Waals surface area contributed by atoms with Crippen LogP contribution in [0.2, 0.25) is 0 Å². The molecule has 0 saturated carbocycles. The fraction of sp³-hybridized carbons (Fsp3) is 1.00. The van der Waals surface area contributed by atoms with E-state index in [1.54, 1.807) is 0 Å². The first-order valence-electron chi connectivity index (χ1n) is 7.90. The van der Waals surface area contributed by atoms with Crippen LogP contribution in [0.5, 0.6) is 0 Å². The van der Waals surface area contributed by atoms with Gasteiger partial charge in [-0.3, -0.25) is 8.42 Å². The van der Waals surface area contributed by atoms with E-state index in [0.29, 0.717) is 32.7 Å². The van der Waals surface area contributed by atoms with Gasteiger partial charge in [-0.1, -0.05) is 6.92 Å². The minimum Gasteiger partial charge on any atom is -0.759 e. The molecule has 189 valence electrons. The Morgan fingerprint density at radius 2 is 0.621 bits per heavy atom. The van der Waals surface area contributed by atoms with Gasteiger partial charge in [0.1, 0.15) is 0 Å². The van der Waals surface area contributed by atoms with Crippen LogP contribution in [0.1, 0.15) is 6.92 Å². The van der Waals surface area contributed by atoms with Crippen LogP contribution < -0.4 is 34.4 Å². The monoisotopic (exact) mass is 505 g/mol. The van der Waals surface area contributed by atoms with Crippen molar-refractivity contribution in [1.82, 2.24) is 0 Å². The Morgan fingerprint density at radius 1 is 0.586 bits per heavy atom. The van der Waals surface area contributed by atoms with E-state index >= 15 is 0 Å². The largest absolute Gasteiger partial charge is 2.00 e. The molecule has 0 atom stereocenters. The minimum absolute atomic E-state index is 0. The molecular formula is C12H42CoN6O9S. The van der Waals surface area contributed by atoms with Crippen molar-refractivity contribution in [3.8, 4) is 0 Å². The predicted molar refractivity (Wildman–Crippen MR) is 106 cm³/mol. The molecular weight excluding hydrogens is 463 g/mol. The van der Waals surface area contributed by atoms with Crippen molar-refractivity contribution in [1.29, 1.82) is 0 Å². The summed E-state index contributed by atoms with van der Waals surface area (Å²) in [6.07, 6.45) is 0. The molecule has 0 aromatic carbocycles. The maximum absolute atomic E-state index is 8.52. The Bertz CT molecular complexity index is 231. The summed E-state index contributed by atoms with van der Waals surface area (Å²) < 4.78 is 34.1. The average Bonchev–Trinajstić information content (AvgIpc) is 2.67. The number of hydrogen-bond acceptors (Lipinski definition) is 15. The van der Waals surface area contributed by atoms with Crippen molar-refractivity contribution < 1.29 is 59.8 Å². The van der Waals surface area contributed by atoms with Gasteiger partial charge >= 0.3 is 16.8 Å². The summed E-state index contributed by atoms with van der Waals surface area (Å²) in [7, 11) is -5.17. The van der Waals surface area contributed by atoms with Crippen molar-refractivity contribution in [2.24, 2.45) is 34.4 Å². The predicted octanol–water partition coefficient (Wildman–Crippen LogP) is -6.69. The second-order valence-electron chi connectivity index (χ2n) is 3.38. The molecule has 17 N–H and O–H groups in total. The molecule has 17 heteroatoms. The van der Waals surface area contributed by atoms with Gasteiger partial charge < -0.3 is 69.0 Å². The Kier molecular flexibility index (Phi) is 126. The number of rotatable bonds is 5. The van der Waals surface area contributed by atoms with E-state index in [2.05, 4.69) is 0 Å². The number of aliphatic hydroxyl groups is 5. The summed E-state index contributed by atoms with van der Waals surface area (Å²) in [6.45, 7) is 5.01. The second kappa shape index (κ2) is 70.7. The van der Waals surface area contributed by atoms with Crippen LogP contribution in [0.15, 0.2) is 0 Å². The molecule has 0 bridgehead atoms. The zero-order chi connectivity index (χ0) is 24.3. The summed E-state index contributed by atoms with van der Waals surface area (Å²) in [5, 5.41) is 38.8. The molecule has 0 saturated heterocycles. The molecule has 29 heavy (non-hydrogen) atoms. The van der Waals surface area contributed by atoms with E-state index in [0.717, 1.165) is 6.54 Å². The van der Waals surface area contributed by atoms with Gasteiger partial charge in [-0.2, -0.15) is 0 Å². The van der Waals surface area contributed by atoms with Crippen LogP contribution in [0.4, 0.5) is 0 Å². The summed E-state index contributed by atoms with van der Waals surface area (Å²) in [6, 6.07) is 0. The summed E-state index contributed by atoms with van der Waals surface area (Å²) >= 11 is 0. The maximum atomic E-state index is 8.52. The van der Waals surface area contributed by atoms with Crippen LogP contribution in [0.3, 0.4) is 0 Å². The van der Waals surface area contributed by atoms with Gasteiger partial charge in [0, 0.05) is 43.1 Å². The van der Waals surface area contributed by atoms with Gasteiger partial charge in [-0.15, -0.1) is 0 Å². The van der Waals surface area contributed by atoms with E-state index in [9.17, 15) is 0 Å². The van der Waals surface area contributed by atoms with Crippen LogP contribution in [0, 0.1) is 0 Å². The average molecular weight is 506 g/mol. The Labute approximate surface area is 184 Å². The summed E-state index contributed by atoms with van der Waals surface area (Å²) in [5.41, 5.74) is 28.7. The zero-order valence-electron chi connectivity index (χ0n) is 16.9. The molecule has 0 aromatic heterocycles. The van der Waals surface area contributed by atoms with Gasteiger partial charge in [-0.05, 0) is 6.54 Å². The molecule has 0 unspecified atom stereocenters. The maximum Gasteiger partial charge on any atom is 2.00 e. The third-order valence-corrected chi connectivity index (χ3v) is 0.645. The molecule has 0 aliphatic rings. The van der Waals surface area contributed by atoms with Gasteiger partial charge in [-0.25, -0.2) is 0 Å². The van der Waals surface area contributed by atoms with Crippen LogP contribution in [-0.4, -0.2) is 115 Å². The topological polar surface area (TPSA) is 338 Å². The quantitative estimate of drug-likeness (QED) is 0.122. The molecule has 1 radical (unpaired) electrons. The number of nitrogens with two attached hydrogens (primary N) is 6. The Hall–Kier alpha value is -0.0635. The smallest absolute Gasteiger partial charge is 0.759 e. The van der Waals surface area contributed by atoms with E-state index in [1.165, 1.54) is 0 Å². The third kappa shape index (κ3) is 771. The SMILES string of the molecule is CCN.NCCO.NCCO.NCCO.NCCO.NCCO.O=S(=O)([O-])[O-].[Co+2]. The standard InChI is InChI=1S/5C2H7NO.C2H7N.Co.H2O4S/c5*3-1-2-4;1-2-3;;1-5(2,3)4/h5*4H,1-3H2;2-3H2,1H3;;(H2,1,2,3,4)/q;;;;;;+2;/p-2. The molecule has 0 rings (SSSR count). The fourth-order valence-corrected chi connectivity index (χ4v) is 0. The van der Waals surface area contributed by atoms with Crippen molar-refractivity contribution in [2.75, 3.05) is 72.3 Å². The molecule has 0 spiro atoms. The van der Waals surface area contributed by atoms with Gasteiger partial charge in [0.15, 0.2) is 0 Å². The molecule has 0 aromatic rings. The van der Waals surface area contributed by atoms with Crippen molar-refractivity contribution >= 4 is 10.4 Å². The number of aliphatic hydroxyl groups excluding tert-OH is 5.